The fourth-order valence-corrected chi connectivity index (χ4v) is 0.858. The van der Waals surface area contributed by atoms with Gasteiger partial charge in [-0.1, -0.05) is 12.1 Å². The van der Waals surface area contributed by atoms with Crippen molar-refractivity contribution < 1.29 is 14.6 Å². The van der Waals surface area contributed by atoms with E-state index in [4.69, 9.17) is 4.74 Å². The van der Waals surface area contributed by atoms with Crippen LogP contribution < -0.4 is 15.2 Å². The Morgan fingerprint density at radius 1 is 1.50 bits per heavy atom. The number of rotatable bonds is 2. The fourth-order valence-electron chi connectivity index (χ4n) is 0.858. The Morgan fingerprint density at radius 3 is 2.75 bits per heavy atom. The predicted octanol–water partition coefficient (Wildman–Crippen LogP) is 0.450. The summed E-state index contributed by atoms with van der Waals surface area (Å²) in [5.74, 6) is 0.474. The van der Waals surface area contributed by atoms with Gasteiger partial charge in [-0.2, -0.15) is 0 Å². The number of hydrogen-bond donors (Lipinski definition) is 1. The molecule has 1 N–H and O–H groups in total. The van der Waals surface area contributed by atoms with Crippen molar-refractivity contribution in [2.45, 2.75) is 0 Å². The van der Waals surface area contributed by atoms with Gasteiger partial charge in [0.05, 0.1) is 12.8 Å². The molecule has 1 aromatic carbocycles. The van der Waals surface area contributed by atoms with Gasteiger partial charge in [0.15, 0.2) is 0 Å². The number of benzene rings is 1. The van der Waals surface area contributed by atoms with Gasteiger partial charge in [-0.05, 0) is 12.1 Å². The van der Waals surface area contributed by atoms with Crippen molar-refractivity contribution >= 4 is 11.8 Å². The second kappa shape index (κ2) is 3.61. The molecule has 0 bridgehead atoms. The first-order valence-corrected chi connectivity index (χ1v) is 3.35. The summed E-state index contributed by atoms with van der Waals surface area (Å²) in [6.07, 6.45) is -1.35. The molecule has 0 unspecified atom stereocenters. The van der Waals surface area contributed by atoms with Crippen LogP contribution in [0.15, 0.2) is 24.3 Å². The molecule has 0 aliphatic heterocycles. The second-order valence-corrected chi connectivity index (χ2v) is 2.11. The molecular weight excluding hydrogens is 158 g/mol. The Hall–Kier alpha value is -1.71. The highest BCUT2D eigenvalue weighted by Gasteiger charge is 1.98. The van der Waals surface area contributed by atoms with E-state index < -0.39 is 6.09 Å². The zero-order chi connectivity index (χ0) is 8.97. The molecule has 64 valence electrons. The van der Waals surface area contributed by atoms with Crippen molar-refractivity contribution in [1.29, 1.82) is 0 Å². The van der Waals surface area contributed by atoms with E-state index in [1.807, 2.05) is 0 Å². The molecule has 0 spiro atoms. The highest BCUT2D eigenvalue weighted by atomic mass is 16.5. The van der Waals surface area contributed by atoms with Gasteiger partial charge < -0.3 is 20.0 Å². The molecule has 0 saturated carbocycles. The van der Waals surface area contributed by atoms with Crippen molar-refractivity contribution in [3.05, 3.63) is 24.3 Å². The number of methoxy groups -OCH3 is 1. The molecule has 4 heteroatoms. The van der Waals surface area contributed by atoms with Crippen molar-refractivity contribution in [2.24, 2.45) is 0 Å². The van der Waals surface area contributed by atoms with Gasteiger partial charge in [0, 0.05) is 0 Å². The van der Waals surface area contributed by atoms with E-state index in [2.05, 4.69) is 5.32 Å². The largest absolute Gasteiger partial charge is 0.530 e. The van der Waals surface area contributed by atoms with Gasteiger partial charge in [0.25, 0.3) is 0 Å². The maximum Gasteiger partial charge on any atom is 0.142 e. The number of nitrogens with one attached hydrogen (secondary N) is 1. The van der Waals surface area contributed by atoms with Gasteiger partial charge in [0.1, 0.15) is 11.8 Å². The number of ether oxygens (including phenoxy) is 1. The molecule has 12 heavy (non-hydrogen) atoms. The van der Waals surface area contributed by atoms with E-state index in [1.165, 1.54) is 7.11 Å². The number of carboxylic acid groups (broad SMARTS) is 1. The van der Waals surface area contributed by atoms with Crippen LogP contribution in [0.2, 0.25) is 0 Å². The van der Waals surface area contributed by atoms with E-state index in [0.717, 1.165) is 0 Å². The van der Waals surface area contributed by atoms with Crippen molar-refractivity contribution in [1.82, 2.24) is 0 Å². The first-order chi connectivity index (χ1) is 5.74. The molecule has 1 aromatic rings. The van der Waals surface area contributed by atoms with Crippen LogP contribution in [0.4, 0.5) is 10.5 Å². The number of para-hydroxylation sites is 2. The summed E-state index contributed by atoms with van der Waals surface area (Å²) >= 11 is 0. The topological polar surface area (TPSA) is 61.4 Å². The molecule has 0 radical (unpaired) electrons. The number of anilines is 1. The Labute approximate surface area is 69.8 Å². The summed E-state index contributed by atoms with van der Waals surface area (Å²) in [5, 5.41) is 12.3. The number of carbonyl (C=O) groups excluding carboxylic acids is 1. The van der Waals surface area contributed by atoms with E-state index in [0.29, 0.717) is 11.4 Å². The van der Waals surface area contributed by atoms with Crippen LogP contribution >= 0.6 is 0 Å². The highest BCUT2D eigenvalue weighted by Crippen LogP contribution is 2.22. The lowest BCUT2D eigenvalue weighted by atomic mass is 10.3. The SMILES string of the molecule is COc1ccccc1NC(=O)[O-]. The molecule has 0 aliphatic carbocycles. The van der Waals surface area contributed by atoms with Crippen molar-refractivity contribution in [3.8, 4) is 5.75 Å². The third-order valence-electron chi connectivity index (χ3n) is 1.34. The van der Waals surface area contributed by atoms with Crippen LogP contribution in [0, 0.1) is 0 Å². The number of amides is 1. The average molecular weight is 166 g/mol. The van der Waals surface area contributed by atoms with E-state index in [-0.39, 0.29) is 0 Å². The van der Waals surface area contributed by atoms with E-state index in [9.17, 15) is 9.90 Å². The van der Waals surface area contributed by atoms with Gasteiger partial charge in [-0.25, -0.2) is 0 Å². The Bertz CT molecular complexity index is 285. The van der Waals surface area contributed by atoms with Crippen LogP contribution in [0.3, 0.4) is 0 Å². The van der Waals surface area contributed by atoms with Crippen molar-refractivity contribution in [3.63, 3.8) is 0 Å². The lowest BCUT2D eigenvalue weighted by Gasteiger charge is -2.10. The van der Waals surface area contributed by atoms with Crippen molar-refractivity contribution in [2.75, 3.05) is 12.4 Å². The Kier molecular flexibility index (Phi) is 2.53. The lowest BCUT2D eigenvalue weighted by Crippen LogP contribution is -2.28. The second-order valence-electron chi connectivity index (χ2n) is 2.11. The van der Waals surface area contributed by atoms with Crippen LogP contribution in [0.1, 0.15) is 0 Å². The molecule has 1 amide bonds. The smallest absolute Gasteiger partial charge is 0.142 e. The minimum Gasteiger partial charge on any atom is -0.530 e. The van der Waals surface area contributed by atoms with E-state index >= 15 is 0 Å². The first-order valence-electron chi connectivity index (χ1n) is 3.35. The Morgan fingerprint density at radius 2 is 2.17 bits per heavy atom. The first kappa shape index (κ1) is 8.39. The molecule has 0 aromatic heterocycles. The molecule has 0 saturated heterocycles. The van der Waals surface area contributed by atoms with Crippen LogP contribution in [0.25, 0.3) is 0 Å². The Balaban J connectivity index is 2.89. The summed E-state index contributed by atoms with van der Waals surface area (Å²) in [6, 6.07) is 6.70. The molecule has 0 aliphatic rings. The summed E-state index contributed by atoms with van der Waals surface area (Å²) in [5.41, 5.74) is 0.389. The summed E-state index contributed by atoms with van der Waals surface area (Å²) < 4.78 is 4.89. The van der Waals surface area contributed by atoms with Crippen LogP contribution in [-0.2, 0) is 0 Å². The zero-order valence-electron chi connectivity index (χ0n) is 6.53. The monoisotopic (exact) mass is 166 g/mol. The van der Waals surface area contributed by atoms with Gasteiger partial charge >= 0.3 is 0 Å². The molecular formula is C8H8NO3-. The predicted molar refractivity (Wildman–Crippen MR) is 42.0 cm³/mol. The quantitative estimate of drug-likeness (QED) is 0.693. The number of carbonyl (C=O) groups is 1. The zero-order valence-corrected chi connectivity index (χ0v) is 6.53. The van der Waals surface area contributed by atoms with Gasteiger partial charge in [-0.15, -0.1) is 0 Å². The number of hydrogen-bond acceptors (Lipinski definition) is 3. The molecule has 0 atom stereocenters. The molecule has 4 nitrogen and oxygen atoms in total. The molecule has 0 fully saturated rings. The summed E-state index contributed by atoms with van der Waals surface area (Å²) in [7, 11) is 1.47. The highest BCUT2D eigenvalue weighted by molar-refractivity contribution is 5.83. The van der Waals surface area contributed by atoms with Gasteiger partial charge in [-0.3, -0.25) is 0 Å². The van der Waals surface area contributed by atoms with Crippen LogP contribution in [-0.4, -0.2) is 13.2 Å². The van der Waals surface area contributed by atoms with Gasteiger partial charge in [0.2, 0.25) is 0 Å². The minimum absolute atomic E-state index is 0.389. The average Bonchev–Trinajstić information content (AvgIpc) is 2.04. The normalized spacial score (nSPS) is 9.08. The summed E-state index contributed by atoms with van der Waals surface area (Å²) in [4.78, 5) is 10.2. The lowest BCUT2D eigenvalue weighted by molar-refractivity contribution is -0.242. The van der Waals surface area contributed by atoms with E-state index in [1.54, 1.807) is 24.3 Å². The molecule has 1 rings (SSSR count). The third kappa shape index (κ3) is 1.88. The summed E-state index contributed by atoms with van der Waals surface area (Å²) in [6.45, 7) is 0. The van der Waals surface area contributed by atoms with Crippen LogP contribution in [0.5, 0.6) is 5.75 Å². The third-order valence-corrected chi connectivity index (χ3v) is 1.34. The minimum atomic E-state index is -1.35. The standard InChI is InChI=1S/C8H9NO3/c1-12-7-5-3-2-4-6(7)9-8(10)11/h2-5,9H,1H3,(H,10,11)/p-1. The molecule has 0 heterocycles. The maximum atomic E-state index is 10.2. The fraction of sp³-hybridized carbons (Fsp3) is 0.125. The maximum absolute atomic E-state index is 10.2.